The molecule has 0 fully saturated rings. The van der Waals surface area contributed by atoms with Crippen molar-refractivity contribution < 1.29 is 4.42 Å². The number of allylic oxidation sites excluding steroid dienone is 4. The molecule has 0 bridgehead atoms. The number of aromatic nitrogens is 1. The number of nitrogens with zero attached hydrogens (tertiary/aromatic N) is 2. The quantitative estimate of drug-likeness (QED) is 0.160. The van der Waals surface area contributed by atoms with E-state index in [1.165, 1.54) is 42.7 Å². The van der Waals surface area contributed by atoms with Crippen LogP contribution in [0.15, 0.2) is 246 Å². The highest BCUT2D eigenvalue weighted by Crippen LogP contribution is 2.43. The summed E-state index contributed by atoms with van der Waals surface area (Å²) in [4.78, 5) is 4.75. The summed E-state index contributed by atoms with van der Waals surface area (Å²) >= 11 is 1.78. The van der Waals surface area contributed by atoms with Crippen LogP contribution >= 0.6 is 11.8 Å². The zero-order valence-corrected chi connectivity index (χ0v) is 35.7. The lowest BCUT2D eigenvalue weighted by Crippen LogP contribution is -2.10. The van der Waals surface area contributed by atoms with Gasteiger partial charge in [0.25, 0.3) is 0 Å². The Hall–Kier alpha value is -8.05. The third-order valence-corrected chi connectivity index (χ3v) is 13.5. The summed E-state index contributed by atoms with van der Waals surface area (Å²) in [5, 5.41) is 4.73. The number of hydrogen-bond donors (Lipinski definition) is 0. The minimum absolute atomic E-state index is 0.894. The molecule has 0 saturated heterocycles. The molecule has 0 N–H and O–H groups in total. The van der Waals surface area contributed by atoms with Gasteiger partial charge in [-0.2, -0.15) is 0 Å². The van der Waals surface area contributed by atoms with Crippen LogP contribution in [0, 0.1) is 0 Å². The van der Waals surface area contributed by atoms with E-state index in [0.29, 0.717) is 0 Å². The average molecular weight is 837 g/mol. The molecule has 0 amide bonds. The summed E-state index contributed by atoms with van der Waals surface area (Å²) < 4.78 is 8.55. The molecule has 302 valence electrons. The minimum Gasteiger partial charge on any atom is -0.456 e. The summed E-state index contributed by atoms with van der Waals surface area (Å²) in [5.74, 6) is 0. The van der Waals surface area contributed by atoms with Gasteiger partial charge in [0.15, 0.2) is 0 Å². The van der Waals surface area contributed by atoms with E-state index in [1.54, 1.807) is 11.8 Å². The summed E-state index contributed by atoms with van der Waals surface area (Å²) in [5.41, 5.74) is 16.5. The van der Waals surface area contributed by atoms with Crippen molar-refractivity contribution in [2.45, 2.75) is 4.90 Å². The first kappa shape index (κ1) is 37.7. The van der Waals surface area contributed by atoms with Crippen molar-refractivity contribution in [3.8, 4) is 27.9 Å². The number of benzene rings is 9. The van der Waals surface area contributed by atoms with Crippen LogP contribution in [-0.2, 0) is 0 Å². The van der Waals surface area contributed by atoms with Crippen LogP contribution in [-0.4, -0.2) is 4.57 Å². The van der Waals surface area contributed by atoms with Crippen molar-refractivity contribution in [1.29, 1.82) is 0 Å². The Labute approximate surface area is 376 Å². The normalized spacial score (nSPS) is 14.0. The van der Waals surface area contributed by atoms with E-state index in [1.807, 2.05) is 12.1 Å². The fourth-order valence-corrected chi connectivity index (χ4v) is 10.3. The van der Waals surface area contributed by atoms with Crippen LogP contribution in [0.3, 0.4) is 0 Å². The standard InChI is InChI=1S/C60H40N2OS/c1-40-13-11-24-59(64-60-23-10-7-18-50(40)60)42-27-33-48(34-28-42)61(49-17-12-14-43(37-49)45-30-36-58-54(39-45)52-20-6-9-22-57(52)63-58)47-31-25-41(26-32-47)44-29-35-56-53(38-44)51-19-5-8-21-55(51)62(56)46-15-3-2-4-16-46/h2-39H,1H2/b13-11-,59-24-. The zero-order chi connectivity index (χ0) is 42.6. The van der Waals surface area contributed by atoms with Crippen molar-refractivity contribution in [2.75, 3.05) is 4.90 Å². The minimum atomic E-state index is 0.894. The largest absolute Gasteiger partial charge is 0.456 e. The smallest absolute Gasteiger partial charge is 0.135 e. The molecule has 2 aromatic heterocycles. The number of rotatable bonds is 7. The van der Waals surface area contributed by atoms with Crippen LogP contribution in [0.4, 0.5) is 17.1 Å². The molecule has 1 aliphatic heterocycles. The molecule has 3 heterocycles. The molecule has 64 heavy (non-hydrogen) atoms. The second-order valence-electron chi connectivity index (χ2n) is 16.2. The van der Waals surface area contributed by atoms with Crippen molar-refractivity contribution in [3.63, 3.8) is 0 Å². The van der Waals surface area contributed by atoms with Gasteiger partial charge in [-0.3, -0.25) is 0 Å². The lowest BCUT2D eigenvalue weighted by Gasteiger charge is -2.26. The van der Waals surface area contributed by atoms with E-state index in [2.05, 4.69) is 234 Å². The fourth-order valence-electron chi connectivity index (χ4n) is 9.23. The van der Waals surface area contributed by atoms with Crippen molar-refractivity contribution in [2.24, 2.45) is 0 Å². The molecule has 9 aromatic carbocycles. The van der Waals surface area contributed by atoms with Crippen LogP contribution in [0.1, 0.15) is 11.1 Å². The van der Waals surface area contributed by atoms with Crippen LogP contribution in [0.2, 0.25) is 0 Å². The van der Waals surface area contributed by atoms with Gasteiger partial charge in [-0.15, -0.1) is 0 Å². The van der Waals surface area contributed by atoms with Gasteiger partial charge in [-0.05, 0) is 136 Å². The van der Waals surface area contributed by atoms with E-state index in [-0.39, 0.29) is 0 Å². The van der Waals surface area contributed by atoms with Gasteiger partial charge < -0.3 is 13.9 Å². The first-order chi connectivity index (χ1) is 31.6. The highest BCUT2D eigenvalue weighted by atomic mass is 32.2. The number of anilines is 3. The van der Waals surface area contributed by atoms with E-state index in [0.717, 1.165) is 72.5 Å². The maximum absolute atomic E-state index is 6.19. The van der Waals surface area contributed by atoms with Crippen molar-refractivity contribution in [1.82, 2.24) is 4.57 Å². The zero-order valence-electron chi connectivity index (χ0n) is 34.9. The third kappa shape index (κ3) is 6.64. The van der Waals surface area contributed by atoms with Crippen molar-refractivity contribution >= 4 is 83.0 Å². The Morgan fingerprint density at radius 2 is 1.06 bits per heavy atom. The van der Waals surface area contributed by atoms with Gasteiger partial charge in [0.05, 0.1) is 11.0 Å². The van der Waals surface area contributed by atoms with E-state index in [4.69, 9.17) is 4.42 Å². The first-order valence-corrected chi connectivity index (χ1v) is 22.4. The highest BCUT2D eigenvalue weighted by Gasteiger charge is 2.18. The molecule has 0 spiro atoms. The summed E-state index contributed by atoms with van der Waals surface area (Å²) in [6.07, 6.45) is 6.40. The summed E-state index contributed by atoms with van der Waals surface area (Å²) in [7, 11) is 0. The van der Waals surface area contributed by atoms with Gasteiger partial charge in [-0.1, -0.05) is 152 Å². The topological polar surface area (TPSA) is 21.3 Å². The predicted molar refractivity (Wildman–Crippen MR) is 272 cm³/mol. The molecule has 0 aliphatic carbocycles. The molecule has 0 atom stereocenters. The SMILES string of the molecule is C=C1/C=C\C=C(\c2ccc(N(c3ccc(-c4ccc5c(c4)c4ccccc4n5-c4ccccc4)cc3)c3cccc(-c4ccc5oc6ccccc6c5c4)c3)cc2)Sc2ccccc21. The molecule has 11 aromatic rings. The van der Waals surface area contributed by atoms with Gasteiger partial charge in [0.1, 0.15) is 11.2 Å². The van der Waals surface area contributed by atoms with Crippen LogP contribution < -0.4 is 4.90 Å². The molecule has 3 nitrogen and oxygen atoms in total. The van der Waals surface area contributed by atoms with E-state index >= 15 is 0 Å². The number of hydrogen-bond acceptors (Lipinski definition) is 3. The average Bonchev–Trinajstić information content (AvgIpc) is 3.89. The molecular formula is C60H40N2OS. The predicted octanol–water partition coefficient (Wildman–Crippen LogP) is 17.2. The third-order valence-electron chi connectivity index (χ3n) is 12.4. The lowest BCUT2D eigenvalue weighted by molar-refractivity contribution is 0.669. The molecule has 0 saturated carbocycles. The maximum Gasteiger partial charge on any atom is 0.135 e. The Balaban J connectivity index is 0.941. The molecule has 1 aliphatic rings. The molecule has 4 heteroatoms. The van der Waals surface area contributed by atoms with Gasteiger partial charge >= 0.3 is 0 Å². The van der Waals surface area contributed by atoms with Crippen molar-refractivity contribution in [3.05, 3.63) is 248 Å². The van der Waals surface area contributed by atoms with Gasteiger partial charge in [-0.25, -0.2) is 0 Å². The van der Waals surface area contributed by atoms with Crippen LogP contribution in [0.5, 0.6) is 0 Å². The number of fused-ring (bicyclic) bond motifs is 7. The number of thioether (sulfide) groups is 1. The van der Waals surface area contributed by atoms with Crippen LogP contribution in [0.25, 0.3) is 82.2 Å². The Morgan fingerprint density at radius 1 is 0.438 bits per heavy atom. The molecule has 0 unspecified atom stereocenters. The van der Waals surface area contributed by atoms with E-state index in [9.17, 15) is 0 Å². The van der Waals surface area contributed by atoms with E-state index < -0.39 is 0 Å². The Bertz CT molecular complexity index is 3650. The second kappa shape index (κ2) is 15.7. The molecule has 0 radical (unpaired) electrons. The number of furan rings is 1. The monoisotopic (exact) mass is 836 g/mol. The highest BCUT2D eigenvalue weighted by molar-refractivity contribution is 8.08. The second-order valence-corrected chi connectivity index (χ2v) is 17.3. The number of para-hydroxylation sites is 3. The molecular weight excluding hydrogens is 797 g/mol. The lowest BCUT2D eigenvalue weighted by atomic mass is 10.0. The maximum atomic E-state index is 6.19. The Kier molecular flexibility index (Phi) is 9.24. The van der Waals surface area contributed by atoms with Gasteiger partial charge in [0.2, 0.25) is 0 Å². The molecule has 12 rings (SSSR count). The first-order valence-electron chi connectivity index (χ1n) is 21.6. The Morgan fingerprint density at radius 3 is 1.91 bits per heavy atom. The fraction of sp³-hybridized carbons (Fsp3) is 0. The van der Waals surface area contributed by atoms with Gasteiger partial charge in [0, 0.05) is 54.1 Å². The summed E-state index contributed by atoms with van der Waals surface area (Å²) in [6, 6.07) is 76.3. The summed E-state index contributed by atoms with van der Waals surface area (Å²) in [6.45, 7) is 4.31.